The lowest BCUT2D eigenvalue weighted by molar-refractivity contribution is -0.114. The minimum Gasteiger partial charge on any atom is -0.493 e. The van der Waals surface area contributed by atoms with Gasteiger partial charge in [0.15, 0.2) is 23.2 Å². The fourth-order valence-electron chi connectivity index (χ4n) is 3.16. The largest absolute Gasteiger partial charge is 0.493 e. The summed E-state index contributed by atoms with van der Waals surface area (Å²) < 4.78 is 17.8. The first kappa shape index (κ1) is 22.9. The summed E-state index contributed by atoms with van der Waals surface area (Å²) >= 11 is 9.81. The summed E-state index contributed by atoms with van der Waals surface area (Å²) in [6.45, 7) is 2.27. The van der Waals surface area contributed by atoms with Crippen LogP contribution in [0.5, 0.6) is 17.2 Å². The molecule has 2 aromatic rings. The van der Waals surface area contributed by atoms with Gasteiger partial charge in [-0.25, -0.2) is 0 Å². The Kier molecular flexibility index (Phi) is 6.71. The van der Waals surface area contributed by atoms with Gasteiger partial charge in [-0.1, -0.05) is 27.5 Å². The molecule has 0 atom stereocenters. The predicted molar refractivity (Wildman–Crippen MR) is 128 cm³/mol. The van der Waals surface area contributed by atoms with Crippen molar-refractivity contribution in [1.82, 2.24) is 5.06 Å². The molecule has 33 heavy (non-hydrogen) atoms. The molecule has 1 amide bonds. The first-order valence-electron chi connectivity index (χ1n) is 9.84. The first-order valence-corrected chi connectivity index (χ1v) is 11.0. The number of halogens is 2. The molecule has 10 heteroatoms. The fraction of sp³-hybridized carbons (Fsp3) is 0.174. The predicted octanol–water partition coefficient (Wildman–Crippen LogP) is 5.02. The summed E-state index contributed by atoms with van der Waals surface area (Å²) in [4.78, 5) is 21.9. The van der Waals surface area contributed by atoms with Gasteiger partial charge in [0.05, 0.1) is 17.7 Å². The Balaban J connectivity index is 1.48. The van der Waals surface area contributed by atoms with Crippen molar-refractivity contribution in [1.29, 1.82) is 5.41 Å². The second kappa shape index (κ2) is 9.68. The van der Waals surface area contributed by atoms with Gasteiger partial charge in [0, 0.05) is 10.5 Å². The van der Waals surface area contributed by atoms with Crippen molar-refractivity contribution in [3.63, 3.8) is 0 Å². The molecule has 170 valence electrons. The number of methoxy groups -OCH3 is 1. The third-order valence-corrected chi connectivity index (χ3v) is 5.46. The van der Waals surface area contributed by atoms with E-state index >= 15 is 0 Å². The molecule has 0 spiro atoms. The summed E-state index contributed by atoms with van der Waals surface area (Å²) in [7, 11) is 1.49. The van der Waals surface area contributed by atoms with Gasteiger partial charge in [0.2, 0.25) is 0 Å². The number of amides is 1. The van der Waals surface area contributed by atoms with Gasteiger partial charge in [-0.3, -0.25) is 10.2 Å². The molecule has 0 radical (unpaired) electrons. The van der Waals surface area contributed by atoms with Crippen LogP contribution in [0.4, 0.5) is 0 Å². The topological polar surface area (TPSA) is 93.4 Å². The van der Waals surface area contributed by atoms with Gasteiger partial charge in [-0.2, -0.15) is 4.99 Å². The molecule has 8 nitrogen and oxygen atoms in total. The summed E-state index contributed by atoms with van der Waals surface area (Å²) in [6, 6.07) is 10.8. The van der Waals surface area contributed by atoms with E-state index in [9.17, 15) is 4.79 Å². The molecule has 2 aliphatic heterocycles. The number of benzene rings is 2. The average molecular weight is 533 g/mol. The third kappa shape index (κ3) is 5.04. The summed E-state index contributed by atoms with van der Waals surface area (Å²) in [6.07, 6.45) is 3.10. The van der Waals surface area contributed by atoms with E-state index < -0.39 is 5.91 Å². The van der Waals surface area contributed by atoms with Crippen LogP contribution in [0.3, 0.4) is 0 Å². The summed E-state index contributed by atoms with van der Waals surface area (Å²) in [5.41, 5.74) is 0.613. The smallest absolute Gasteiger partial charge is 0.282 e. The Morgan fingerprint density at radius 3 is 2.67 bits per heavy atom. The molecule has 0 fully saturated rings. The minimum atomic E-state index is -0.540. The highest BCUT2D eigenvalue weighted by molar-refractivity contribution is 9.10. The van der Waals surface area contributed by atoms with Crippen LogP contribution in [0.25, 0.3) is 6.08 Å². The molecule has 2 aromatic carbocycles. The number of hydroxylamine groups is 2. The number of rotatable bonds is 7. The minimum absolute atomic E-state index is 0.0662. The van der Waals surface area contributed by atoms with Crippen LogP contribution in [-0.4, -0.2) is 43.0 Å². The van der Waals surface area contributed by atoms with Crippen LogP contribution >= 0.6 is 27.5 Å². The van der Waals surface area contributed by atoms with E-state index in [1.165, 1.54) is 18.2 Å². The first-order chi connectivity index (χ1) is 15.9. The Labute approximate surface area is 203 Å². The molecule has 0 saturated heterocycles. The van der Waals surface area contributed by atoms with Gasteiger partial charge in [0.25, 0.3) is 5.91 Å². The van der Waals surface area contributed by atoms with Crippen LogP contribution in [0.1, 0.15) is 12.5 Å². The quantitative estimate of drug-likeness (QED) is 0.398. The molecular weight excluding hydrogens is 514 g/mol. The highest BCUT2D eigenvalue weighted by Gasteiger charge is 2.34. The van der Waals surface area contributed by atoms with Crippen molar-refractivity contribution in [2.24, 2.45) is 4.99 Å². The van der Waals surface area contributed by atoms with Crippen molar-refractivity contribution in [3.8, 4) is 17.2 Å². The SMILES string of the molecule is COc1cc(/C=C2\C(=N)N3OC(C)=CC3=NC2=O)cc(Cl)c1OCCOc1ccc(Br)cc1. The van der Waals surface area contributed by atoms with Gasteiger partial charge < -0.3 is 19.0 Å². The van der Waals surface area contributed by atoms with Gasteiger partial charge in [-0.15, -0.1) is 5.06 Å². The molecule has 0 aliphatic carbocycles. The van der Waals surface area contributed by atoms with Crippen LogP contribution in [0.2, 0.25) is 5.02 Å². The van der Waals surface area contributed by atoms with E-state index in [4.69, 9.17) is 36.1 Å². The maximum atomic E-state index is 12.5. The lowest BCUT2D eigenvalue weighted by atomic mass is 10.1. The van der Waals surface area contributed by atoms with Crippen molar-refractivity contribution < 1.29 is 23.8 Å². The molecule has 2 heterocycles. The van der Waals surface area contributed by atoms with Gasteiger partial charge >= 0.3 is 0 Å². The average Bonchev–Trinajstić information content (AvgIpc) is 3.16. The van der Waals surface area contributed by atoms with E-state index in [2.05, 4.69) is 20.9 Å². The number of carbonyl (C=O) groups excluding carboxylic acids is 1. The summed E-state index contributed by atoms with van der Waals surface area (Å²) in [5.74, 6) is 1.63. The Hall–Kier alpha value is -3.30. The number of nitrogens with one attached hydrogen (secondary N) is 1. The van der Waals surface area contributed by atoms with E-state index in [1.54, 1.807) is 25.1 Å². The second-order valence-corrected chi connectivity index (χ2v) is 8.33. The lowest BCUT2D eigenvalue weighted by Crippen LogP contribution is -2.38. The van der Waals surface area contributed by atoms with Crippen LogP contribution in [-0.2, 0) is 9.63 Å². The number of ether oxygens (including phenoxy) is 3. The maximum Gasteiger partial charge on any atom is 0.282 e. The number of hydrogen-bond donors (Lipinski definition) is 1. The highest BCUT2D eigenvalue weighted by Crippen LogP contribution is 2.37. The van der Waals surface area contributed by atoms with Crippen LogP contribution < -0.4 is 14.2 Å². The second-order valence-electron chi connectivity index (χ2n) is 7.01. The molecular formula is C23H19BrClN3O5. The third-order valence-electron chi connectivity index (χ3n) is 4.66. The van der Waals surface area contributed by atoms with Gasteiger partial charge in [0.1, 0.15) is 24.7 Å². The molecule has 1 N–H and O–H groups in total. The Bertz CT molecular complexity index is 1210. The molecule has 0 bridgehead atoms. The number of fused-ring (bicyclic) bond motifs is 1. The van der Waals surface area contributed by atoms with Crippen LogP contribution in [0, 0.1) is 5.41 Å². The number of nitrogens with zero attached hydrogens (tertiary/aromatic N) is 2. The van der Waals surface area contributed by atoms with Gasteiger partial charge in [-0.05, 0) is 55.0 Å². The number of allylic oxidation sites excluding steroid dienone is 1. The monoisotopic (exact) mass is 531 g/mol. The Morgan fingerprint density at radius 2 is 1.94 bits per heavy atom. The molecule has 2 aliphatic rings. The molecule has 0 unspecified atom stereocenters. The number of amidine groups is 2. The highest BCUT2D eigenvalue weighted by atomic mass is 79.9. The molecule has 4 rings (SSSR count). The van der Waals surface area contributed by atoms with Crippen molar-refractivity contribution in [2.45, 2.75) is 6.92 Å². The van der Waals surface area contributed by atoms with Crippen LogP contribution in [0.15, 0.2) is 63.3 Å². The normalized spacial score (nSPS) is 16.2. The zero-order valence-electron chi connectivity index (χ0n) is 17.7. The maximum absolute atomic E-state index is 12.5. The number of carbonyl (C=O) groups is 1. The van der Waals surface area contributed by atoms with Crippen molar-refractivity contribution in [3.05, 3.63) is 68.9 Å². The standard InChI is InChI=1S/C23H19BrClN3O5/c1-13-9-20-27-23(29)17(22(26)28(20)33-13)10-14-11-18(25)21(19(12-14)30-2)32-8-7-31-16-5-3-15(24)4-6-16/h3-6,9-12,26H,7-8H2,1-2H3/b17-10+,26-22?. The van der Waals surface area contributed by atoms with E-state index in [0.29, 0.717) is 34.5 Å². The summed E-state index contributed by atoms with van der Waals surface area (Å²) in [5, 5.41) is 9.81. The van der Waals surface area contributed by atoms with Crippen molar-refractivity contribution >= 4 is 51.2 Å². The van der Waals surface area contributed by atoms with E-state index in [-0.39, 0.29) is 23.9 Å². The van der Waals surface area contributed by atoms with Crippen molar-refractivity contribution in [2.75, 3.05) is 20.3 Å². The fourth-order valence-corrected chi connectivity index (χ4v) is 3.70. The zero-order chi connectivity index (χ0) is 23.5. The zero-order valence-corrected chi connectivity index (χ0v) is 20.1. The van der Waals surface area contributed by atoms with E-state index in [0.717, 1.165) is 10.2 Å². The number of aliphatic imine (C=N–C) groups is 1. The molecule has 0 aromatic heterocycles. The number of hydrogen-bond acceptors (Lipinski definition) is 6. The lowest BCUT2D eigenvalue weighted by Gasteiger charge is -2.23. The Morgan fingerprint density at radius 1 is 1.21 bits per heavy atom. The molecule has 0 saturated carbocycles. The van der Waals surface area contributed by atoms with E-state index in [1.807, 2.05) is 24.3 Å².